The van der Waals surface area contributed by atoms with Gasteiger partial charge in [0.25, 0.3) is 5.91 Å². The number of para-hydroxylation sites is 1. The van der Waals surface area contributed by atoms with E-state index in [2.05, 4.69) is 10.6 Å². The van der Waals surface area contributed by atoms with Crippen molar-refractivity contribution < 1.29 is 18.0 Å². The number of primary amides is 1. The topological polar surface area (TPSA) is 122 Å². The Kier molecular flexibility index (Phi) is 7.09. The average Bonchev–Trinajstić information content (AvgIpc) is 3.19. The molecule has 0 aliphatic carbocycles. The van der Waals surface area contributed by atoms with Gasteiger partial charge in [-0.3, -0.25) is 13.9 Å². The standard InChI is InChI=1S/C28H30N4O4S/c1-4-18-37(35,36)32(28(2,3)27(29)34)21-16-14-20(15-17-21)30-25(19-10-6-5-7-11-19)24-22-12-8-9-13-23(22)31-26(24)33/h5-17,30H,4,18H2,1-3H3,(H2,29,34)(H,31,33)/b25-24-. The molecule has 0 aromatic heterocycles. The van der Waals surface area contributed by atoms with Crippen molar-refractivity contribution in [2.24, 2.45) is 5.73 Å². The van der Waals surface area contributed by atoms with Crippen LogP contribution in [-0.4, -0.2) is 31.5 Å². The maximum Gasteiger partial charge on any atom is 0.258 e. The molecule has 9 heteroatoms. The maximum absolute atomic E-state index is 13.1. The van der Waals surface area contributed by atoms with Gasteiger partial charge in [0.1, 0.15) is 5.54 Å². The number of nitrogens with zero attached hydrogens (tertiary/aromatic N) is 1. The zero-order valence-corrected chi connectivity index (χ0v) is 21.8. The lowest BCUT2D eigenvalue weighted by atomic mass is 10.00. The molecule has 2 amide bonds. The lowest BCUT2D eigenvalue weighted by Crippen LogP contribution is -2.56. The van der Waals surface area contributed by atoms with Gasteiger partial charge in [-0.05, 0) is 56.2 Å². The van der Waals surface area contributed by atoms with E-state index in [1.807, 2.05) is 54.6 Å². The quantitative estimate of drug-likeness (QED) is 0.362. The molecule has 8 nitrogen and oxygen atoms in total. The Labute approximate surface area is 217 Å². The molecule has 0 atom stereocenters. The molecule has 1 aliphatic heterocycles. The lowest BCUT2D eigenvalue weighted by Gasteiger charge is -2.36. The smallest absolute Gasteiger partial charge is 0.258 e. The number of nitrogens with one attached hydrogen (secondary N) is 2. The van der Waals surface area contributed by atoms with Crippen molar-refractivity contribution in [2.75, 3.05) is 20.7 Å². The highest BCUT2D eigenvalue weighted by molar-refractivity contribution is 7.92. The van der Waals surface area contributed by atoms with Gasteiger partial charge in [0.05, 0.1) is 22.7 Å². The van der Waals surface area contributed by atoms with Gasteiger partial charge >= 0.3 is 0 Å². The zero-order chi connectivity index (χ0) is 26.8. The van der Waals surface area contributed by atoms with Gasteiger partial charge in [0, 0.05) is 16.9 Å². The van der Waals surface area contributed by atoms with E-state index < -0.39 is 21.5 Å². The Hall–Kier alpha value is -4.11. The Bertz CT molecular complexity index is 1460. The summed E-state index contributed by atoms with van der Waals surface area (Å²) in [5, 5.41) is 6.27. The van der Waals surface area contributed by atoms with Crippen LogP contribution >= 0.6 is 0 Å². The maximum atomic E-state index is 13.1. The number of carbonyl (C=O) groups is 2. The number of carbonyl (C=O) groups excluding carboxylic acids is 2. The summed E-state index contributed by atoms with van der Waals surface area (Å²) in [6.45, 7) is 4.74. The average molecular weight is 519 g/mol. The van der Waals surface area contributed by atoms with Gasteiger partial charge in [-0.2, -0.15) is 0 Å². The third-order valence-electron chi connectivity index (χ3n) is 6.21. The summed E-state index contributed by atoms with van der Waals surface area (Å²) in [5.74, 6) is -1.09. The molecule has 0 saturated carbocycles. The largest absolute Gasteiger partial charge is 0.368 e. The number of nitrogens with two attached hydrogens (primary N) is 1. The fraction of sp³-hybridized carbons (Fsp3) is 0.214. The van der Waals surface area contributed by atoms with Crippen LogP contribution in [0.3, 0.4) is 0 Å². The summed E-state index contributed by atoms with van der Waals surface area (Å²) >= 11 is 0. The van der Waals surface area contributed by atoms with Crippen molar-refractivity contribution >= 4 is 50.2 Å². The minimum absolute atomic E-state index is 0.123. The van der Waals surface area contributed by atoms with Crippen LogP contribution in [0.15, 0.2) is 78.9 Å². The Balaban J connectivity index is 1.78. The third-order valence-corrected chi connectivity index (χ3v) is 8.35. The second-order valence-electron chi connectivity index (χ2n) is 9.29. The van der Waals surface area contributed by atoms with Crippen molar-refractivity contribution in [1.82, 2.24) is 0 Å². The van der Waals surface area contributed by atoms with Gasteiger partial charge in [0.2, 0.25) is 15.9 Å². The summed E-state index contributed by atoms with van der Waals surface area (Å²) in [7, 11) is -3.81. The van der Waals surface area contributed by atoms with Gasteiger partial charge in [-0.25, -0.2) is 8.42 Å². The van der Waals surface area contributed by atoms with Crippen LogP contribution in [0.5, 0.6) is 0 Å². The molecular formula is C28H30N4O4S. The number of fused-ring (bicyclic) bond motifs is 1. The van der Waals surface area contributed by atoms with Crippen molar-refractivity contribution in [3.05, 3.63) is 90.0 Å². The molecule has 3 aromatic carbocycles. The monoisotopic (exact) mass is 518 g/mol. The van der Waals surface area contributed by atoms with Crippen LogP contribution in [0.4, 0.5) is 17.1 Å². The fourth-order valence-electron chi connectivity index (χ4n) is 4.35. The molecule has 0 unspecified atom stereocenters. The van der Waals surface area contributed by atoms with Crippen LogP contribution in [0.25, 0.3) is 11.3 Å². The fourth-order valence-corrected chi connectivity index (χ4v) is 6.28. The van der Waals surface area contributed by atoms with Crippen LogP contribution in [0.1, 0.15) is 38.3 Å². The van der Waals surface area contributed by atoms with Crippen molar-refractivity contribution in [3.8, 4) is 0 Å². The van der Waals surface area contributed by atoms with Gasteiger partial charge < -0.3 is 16.4 Å². The second kappa shape index (κ2) is 10.1. The third kappa shape index (κ3) is 5.08. The van der Waals surface area contributed by atoms with E-state index in [0.29, 0.717) is 29.1 Å². The molecular weight excluding hydrogens is 488 g/mol. The molecule has 4 rings (SSSR count). The van der Waals surface area contributed by atoms with Crippen molar-refractivity contribution in [1.29, 1.82) is 0 Å². The van der Waals surface area contributed by atoms with E-state index in [-0.39, 0.29) is 11.7 Å². The van der Waals surface area contributed by atoms with Gasteiger partial charge in [-0.15, -0.1) is 0 Å². The molecule has 0 saturated heterocycles. The lowest BCUT2D eigenvalue weighted by molar-refractivity contribution is -0.121. The first kappa shape index (κ1) is 26.0. The predicted molar refractivity (Wildman–Crippen MR) is 148 cm³/mol. The van der Waals surface area contributed by atoms with Crippen LogP contribution in [0, 0.1) is 0 Å². The molecule has 0 bridgehead atoms. The Morgan fingerprint density at radius 2 is 1.59 bits per heavy atom. The Morgan fingerprint density at radius 3 is 2.22 bits per heavy atom. The number of rotatable bonds is 9. The molecule has 192 valence electrons. The molecule has 1 aliphatic rings. The molecule has 0 spiro atoms. The van der Waals surface area contributed by atoms with Crippen LogP contribution in [0.2, 0.25) is 0 Å². The first-order chi connectivity index (χ1) is 17.6. The van der Waals surface area contributed by atoms with E-state index in [1.165, 1.54) is 13.8 Å². The summed E-state index contributed by atoms with van der Waals surface area (Å²) in [4.78, 5) is 25.2. The summed E-state index contributed by atoms with van der Waals surface area (Å²) in [5.41, 5.74) is 8.53. The highest BCUT2D eigenvalue weighted by Crippen LogP contribution is 2.38. The van der Waals surface area contributed by atoms with E-state index in [1.54, 1.807) is 31.2 Å². The second-order valence-corrected chi connectivity index (χ2v) is 11.2. The van der Waals surface area contributed by atoms with E-state index in [9.17, 15) is 18.0 Å². The van der Waals surface area contributed by atoms with Crippen LogP contribution in [-0.2, 0) is 19.6 Å². The number of sulfonamides is 1. The predicted octanol–water partition coefficient (Wildman–Crippen LogP) is 4.43. The summed E-state index contributed by atoms with van der Waals surface area (Å²) < 4.78 is 27.3. The summed E-state index contributed by atoms with van der Waals surface area (Å²) in [6.07, 6.45) is 0.394. The van der Waals surface area contributed by atoms with Gasteiger partial charge in [0.15, 0.2) is 0 Å². The number of anilines is 3. The number of benzene rings is 3. The number of hydrogen-bond acceptors (Lipinski definition) is 5. The highest BCUT2D eigenvalue weighted by atomic mass is 32.2. The SMILES string of the molecule is CCCS(=O)(=O)N(c1ccc(N/C(=C2\C(=O)Nc3ccccc32)c2ccccc2)cc1)C(C)(C)C(N)=O. The zero-order valence-electron chi connectivity index (χ0n) is 21.0. The Morgan fingerprint density at radius 1 is 0.973 bits per heavy atom. The van der Waals surface area contributed by atoms with Crippen LogP contribution < -0.4 is 20.7 Å². The molecule has 3 aromatic rings. The molecule has 1 heterocycles. The molecule has 0 radical (unpaired) electrons. The minimum Gasteiger partial charge on any atom is -0.368 e. The van der Waals surface area contributed by atoms with Gasteiger partial charge in [-0.1, -0.05) is 55.5 Å². The number of hydrogen-bond donors (Lipinski definition) is 3. The minimum atomic E-state index is -3.81. The first-order valence-corrected chi connectivity index (χ1v) is 13.6. The van der Waals surface area contributed by atoms with Crippen molar-refractivity contribution in [2.45, 2.75) is 32.7 Å². The van der Waals surface area contributed by atoms with E-state index >= 15 is 0 Å². The molecule has 37 heavy (non-hydrogen) atoms. The van der Waals surface area contributed by atoms with Crippen molar-refractivity contribution in [3.63, 3.8) is 0 Å². The highest BCUT2D eigenvalue weighted by Gasteiger charge is 2.40. The van der Waals surface area contributed by atoms with E-state index in [0.717, 1.165) is 21.1 Å². The number of amides is 2. The molecule has 0 fully saturated rings. The summed E-state index contributed by atoms with van der Waals surface area (Å²) in [6, 6.07) is 23.6. The normalized spacial score (nSPS) is 14.5. The molecule has 4 N–H and O–H groups in total. The van der Waals surface area contributed by atoms with E-state index in [4.69, 9.17) is 5.73 Å². The first-order valence-electron chi connectivity index (χ1n) is 12.0.